The Morgan fingerprint density at radius 2 is 0.439 bits per heavy atom. The topological polar surface area (TPSA) is 78.9 Å². The van der Waals surface area contributed by atoms with Crippen LogP contribution in [0.1, 0.15) is 425 Å². The number of unbranched alkanes of at least 4 members (excludes halogenated alkanes) is 55. The molecule has 0 spiro atoms. The molecule has 0 rings (SSSR count). The molecular weight excluding hydrogens is 1010 g/mol. The van der Waals surface area contributed by atoms with Crippen molar-refractivity contribution in [1.29, 1.82) is 0 Å². The molecule has 0 fully saturated rings. The first-order chi connectivity index (χ1) is 40.5. The number of esters is 3. The van der Waals surface area contributed by atoms with Gasteiger partial charge in [-0.15, -0.1) is 0 Å². The summed E-state index contributed by atoms with van der Waals surface area (Å²) >= 11 is 0. The van der Waals surface area contributed by atoms with Gasteiger partial charge in [0.1, 0.15) is 13.2 Å². The van der Waals surface area contributed by atoms with E-state index in [4.69, 9.17) is 14.2 Å². The Hall–Kier alpha value is -2.11. The second kappa shape index (κ2) is 71.4. The molecule has 0 aliphatic heterocycles. The maximum absolute atomic E-state index is 12.9. The van der Waals surface area contributed by atoms with Crippen LogP contribution >= 0.6 is 0 Å². The zero-order chi connectivity index (χ0) is 59.2. The number of rotatable bonds is 70. The quantitative estimate of drug-likeness (QED) is 0.0261. The van der Waals surface area contributed by atoms with E-state index in [2.05, 4.69) is 45.1 Å². The van der Waals surface area contributed by atoms with Crippen LogP contribution in [0.15, 0.2) is 24.3 Å². The Labute approximate surface area is 513 Å². The summed E-state index contributed by atoms with van der Waals surface area (Å²) in [6.07, 6.45) is 88.0. The Balaban J connectivity index is 4.18. The molecule has 0 aromatic rings. The first-order valence-corrected chi connectivity index (χ1v) is 37.3. The fourth-order valence-electron chi connectivity index (χ4n) is 11.6. The van der Waals surface area contributed by atoms with Gasteiger partial charge in [-0.1, -0.05) is 379 Å². The second-order valence-electron chi connectivity index (χ2n) is 25.6. The SMILES string of the molecule is CCCCC/C=C\C/C=C\CCCCCCCCCC(=O)OC(COC(=O)CCCCCCCCCCCCCCCCCCC)COC(=O)CCCCCCCCCCCCCCCCCCCCCCCCCCCCCCCC. The monoisotopic (exact) mass is 1150 g/mol. The van der Waals surface area contributed by atoms with E-state index in [-0.39, 0.29) is 31.1 Å². The van der Waals surface area contributed by atoms with Crippen molar-refractivity contribution in [1.82, 2.24) is 0 Å². The summed E-state index contributed by atoms with van der Waals surface area (Å²) < 4.78 is 17.0. The van der Waals surface area contributed by atoms with Crippen molar-refractivity contribution >= 4 is 17.9 Å². The fourth-order valence-corrected chi connectivity index (χ4v) is 11.6. The molecule has 484 valence electrons. The van der Waals surface area contributed by atoms with Gasteiger partial charge < -0.3 is 14.2 Å². The predicted octanol–water partition coefficient (Wildman–Crippen LogP) is 25.7. The molecule has 1 atom stereocenters. The second-order valence-corrected chi connectivity index (χ2v) is 25.6. The van der Waals surface area contributed by atoms with Crippen LogP contribution in [0.2, 0.25) is 0 Å². The van der Waals surface area contributed by atoms with Crippen LogP contribution < -0.4 is 0 Å². The van der Waals surface area contributed by atoms with E-state index in [1.54, 1.807) is 0 Å². The van der Waals surface area contributed by atoms with Gasteiger partial charge in [0.05, 0.1) is 0 Å². The molecule has 0 radical (unpaired) electrons. The van der Waals surface area contributed by atoms with Crippen LogP contribution in [0.4, 0.5) is 0 Å². The number of carbonyl (C=O) groups excluding carboxylic acids is 3. The standard InChI is InChI=1S/C76H144O6/c1-4-7-10-13-16-19-22-25-28-31-32-33-34-35-36-37-38-39-40-41-42-43-46-48-51-54-57-60-63-66-69-75(78)81-72-73(82-76(79)70-67-64-61-58-55-52-49-45-30-27-24-21-18-15-12-9-6-3)71-80-74(77)68-65-62-59-56-53-50-47-44-29-26-23-20-17-14-11-8-5-2/h18,21,27,30,73H,4-17,19-20,22-26,28-29,31-72H2,1-3H3/b21-18-,30-27-. The van der Waals surface area contributed by atoms with E-state index in [0.29, 0.717) is 19.3 Å². The third-order valence-electron chi connectivity index (χ3n) is 17.2. The average Bonchev–Trinajstić information content (AvgIpc) is 3.47. The molecule has 0 aromatic carbocycles. The zero-order valence-corrected chi connectivity index (χ0v) is 55.8. The lowest BCUT2D eigenvalue weighted by atomic mass is 10.0. The maximum Gasteiger partial charge on any atom is 0.306 e. The van der Waals surface area contributed by atoms with Gasteiger partial charge in [-0.2, -0.15) is 0 Å². The Kier molecular flexibility index (Phi) is 69.5. The van der Waals surface area contributed by atoms with E-state index in [1.807, 2.05) is 0 Å². The highest BCUT2D eigenvalue weighted by atomic mass is 16.6. The van der Waals surface area contributed by atoms with Crippen LogP contribution in [-0.4, -0.2) is 37.2 Å². The summed E-state index contributed by atoms with van der Waals surface area (Å²) in [7, 11) is 0. The minimum absolute atomic E-state index is 0.0680. The molecule has 0 saturated heterocycles. The van der Waals surface area contributed by atoms with Crippen molar-refractivity contribution in [3.05, 3.63) is 24.3 Å². The summed E-state index contributed by atoms with van der Waals surface area (Å²) in [4.78, 5) is 38.5. The number of ether oxygens (including phenoxy) is 3. The van der Waals surface area contributed by atoms with Crippen molar-refractivity contribution in [2.45, 2.75) is 431 Å². The van der Waals surface area contributed by atoms with Crippen LogP contribution in [0.5, 0.6) is 0 Å². The highest BCUT2D eigenvalue weighted by Gasteiger charge is 2.20. The number of hydrogen-bond acceptors (Lipinski definition) is 6. The molecule has 0 heterocycles. The predicted molar refractivity (Wildman–Crippen MR) is 358 cm³/mol. The molecule has 0 amide bonds. The van der Waals surface area contributed by atoms with Gasteiger partial charge in [-0.3, -0.25) is 14.4 Å². The van der Waals surface area contributed by atoms with Gasteiger partial charge in [0, 0.05) is 19.3 Å². The molecule has 0 aliphatic rings. The van der Waals surface area contributed by atoms with Crippen molar-refractivity contribution in [2.75, 3.05) is 13.2 Å². The lowest BCUT2D eigenvalue weighted by Gasteiger charge is -2.18. The van der Waals surface area contributed by atoms with E-state index in [9.17, 15) is 14.4 Å². The average molecular weight is 1150 g/mol. The molecule has 0 aliphatic carbocycles. The lowest BCUT2D eigenvalue weighted by molar-refractivity contribution is -0.167. The largest absolute Gasteiger partial charge is 0.462 e. The third kappa shape index (κ3) is 68.7. The van der Waals surface area contributed by atoms with Crippen LogP contribution in [0.25, 0.3) is 0 Å². The Morgan fingerprint density at radius 3 is 0.695 bits per heavy atom. The number of hydrogen-bond donors (Lipinski definition) is 0. The first-order valence-electron chi connectivity index (χ1n) is 37.3. The number of carbonyl (C=O) groups is 3. The summed E-state index contributed by atoms with van der Waals surface area (Å²) in [5, 5.41) is 0. The third-order valence-corrected chi connectivity index (χ3v) is 17.2. The molecular formula is C76H144O6. The molecule has 0 aromatic heterocycles. The normalized spacial score (nSPS) is 12.1. The first kappa shape index (κ1) is 79.9. The van der Waals surface area contributed by atoms with Crippen LogP contribution in [-0.2, 0) is 28.6 Å². The van der Waals surface area contributed by atoms with Crippen molar-refractivity contribution in [3.8, 4) is 0 Å². The minimum Gasteiger partial charge on any atom is -0.462 e. The summed E-state index contributed by atoms with van der Waals surface area (Å²) in [5.74, 6) is -0.841. The van der Waals surface area contributed by atoms with E-state index in [1.165, 1.54) is 315 Å². The van der Waals surface area contributed by atoms with Crippen LogP contribution in [0, 0.1) is 0 Å². The highest BCUT2D eigenvalue weighted by molar-refractivity contribution is 5.71. The van der Waals surface area contributed by atoms with Crippen molar-refractivity contribution in [3.63, 3.8) is 0 Å². The van der Waals surface area contributed by atoms with Gasteiger partial charge in [-0.25, -0.2) is 0 Å². The van der Waals surface area contributed by atoms with Gasteiger partial charge in [0.25, 0.3) is 0 Å². The molecule has 82 heavy (non-hydrogen) atoms. The summed E-state index contributed by atoms with van der Waals surface area (Å²) in [5.41, 5.74) is 0. The Bertz CT molecular complexity index is 1320. The van der Waals surface area contributed by atoms with Gasteiger partial charge in [0.15, 0.2) is 6.10 Å². The summed E-state index contributed by atoms with van der Waals surface area (Å²) in [6, 6.07) is 0. The van der Waals surface area contributed by atoms with Gasteiger partial charge in [0.2, 0.25) is 0 Å². The van der Waals surface area contributed by atoms with Gasteiger partial charge in [-0.05, 0) is 51.4 Å². The fraction of sp³-hybridized carbons (Fsp3) is 0.908. The Morgan fingerprint density at radius 1 is 0.244 bits per heavy atom. The molecule has 0 N–H and O–H groups in total. The zero-order valence-electron chi connectivity index (χ0n) is 55.8. The molecule has 0 bridgehead atoms. The minimum atomic E-state index is -0.773. The van der Waals surface area contributed by atoms with Gasteiger partial charge >= 0.3 is 17.9 Å². The van der Waals surface area contributed by atoms with Crippen molar-refractivity contribution in [2.24, 2.45) is 0 Å². The number of allylic oxidation sites excluding steroid dienone is 4. The maximum atomic E-state index is 12.9. The summed E-state index contributed by atoms with van der Waals surface area (Å²) in [6.45, 7) is 6.70. The molecule has 1 unspecified atom stereocenters. The van der Waals surface area contributed by atoms with E-state index in [0.717, 1.165) is 70.6 Å². The van der Waals surface area contributed by atoms with E-state index < -0.39 is 6.10 Å². The molecule has 6 nitrogen and oxygen atoms in total. The van der Waals surface area contributed by atoms with Crippen LogP contribution in [0.3, 0.4) is 0 Å². The molecule has 6 heteroatoms. The molecule has 0 saturated carbocycles. The van der Waals surface area contributed by atoms with Crippen molar-refractivity contribution < 1.29 is 28.6 Å². The lowest BCUT2D eigenvalue weighted by Crippen LogP contribution is -2.30. The van der Waals surface area contributed by atoms with E-state index >= 15 is 0 Å². The smallest absolute Gasteiger partial charge is 0.306 e. The highest BCUT2D eigenvalue weighted by Crippen LogP contribution is 2.19.